The van der Waals surface area contributed by atoms with Gasteiger partial charge < -0.3 is 5.73 Å². The van der Waals surface area contributed by atoms with Crippen molar-refractivity contribution >= 4 is 11.8 Å². The predicted molar refractivity (Wildman–Crippen MR) is 62.8 cm³/mol. The van der Waals surface area contributed by atoms with Crippen LogP contribution in [0.25, 0.3) is 0 Å². The van der Waals surface area contributed by atoms with Gasteiger partial charge in [0, 0.05) is 4.90 Å². The van der Waals surface area contributed by atoms with Gasteiger partial charge >= 0.3 is 0 Å². The van der Waals surface area contributed by atoms with Crippen molar-refractivity contribution in [2.75, 3.05) is 12.3 Å². The van der Waals surface area contributed by atoms with E-state index in [1.54, 1.807) is 0 Å². The molecule has 0 spiro atoms. The summed E-state index contributed by atoms with van der Waals surface area (Å²) in [6, 6.07) is 6.62. The lowest BCUT2D eigenvalue weighted by molar-refractivity contribution is 0.524. The Bertz CT molecular complexity index is 322. The van der Waals surface area contributed by atoms with Crippen LogP contribution in [0.5, 0.6) is 0 Å². The second-order valence-corrected chi connectivity index (χ2v) is 5.11. The molecule has 0 saturated heterocycles. The summed E-state index contributed by atoms with van der Waals surface area (Å²) in [7, 11) is 0. The van der Waals surface area contributed by atoms with E-state index in [9.17, 15) is 0 Å². The van der Waals surface area contributed by atoms with Gasteiger partial charge in [0.25, 0.3) is 0 Å². The number of aryl methyl sites for hydroxylation is 1. The van der Waals surface area contributed by atoms with Gasteiger partial charge in [0.05, 0.1) is 0 Å². The molecule has 1 aliphatic heterocycles. The van der Waals surface area contributed by atoms with Crippen molar-refractivity contribution in [3.8, 4) is 0 Å². The standard InChI is InChI=1S/C12H17NS/c1-9-3-2-4-11-7-10(8-13)5-6-14-12(9)11/h2-4,10H,5-8,13H2,1H3. The molecule has 1 heterocycles. The van der Waals surface area contributed by atoms with Crippen molar-refractivity contribution in [1.82, 2.24) is 0 Å². The molecule has 2 N–H and O–H groups in total. The molecule has 2 rings (SSSR count). The summed E-state index contributed by atoms with van der Waals surface area (Å²) in [5.74, 6) is 1.91. The van der Waals surface area contributed by atoms with Crippen LogP contribution in [-0.2, 0) is 6.42 Å². The maximum absolute atomic E-state index is 5.76. The van der Waals surface area contributed by atoms with E-state index in [1.165, 1.54) is 34.6 Å². The normalized spacial score (nSPS) is 21.4. The molecule has 1 aliphatic rings. The summed E-state index contributed by atoms with van der Waals surface area (Å²) >= 11 is 2.00. The minimum atomic E-state index is 0.686. The van der Waals surface area contributed by atoms with Gasteiger partial charge in [-0.15, -0.1) is 11.8 Å². The number of benzene rings is 1. The number of rotatable bonds is 1. The van der Waals surface area contributed by atoms with Gasteiger partial charge in [0.2, 0.25) is 0 Å². The summed E-state index contributed by atoms with van der Waals surface area (Å²) < 4.78 is 0. The van der Waals surface area contributed by atoms with Crippen LogP contribution < -0.4 is 5.73 Å². The SMILES string of the molecule is Cc1cccc2c1SCCC(CN)C2. The molecular weight excluding hydrogens is 190 g/mol. The number of hydrogen-bond donors (Lipinski definition) is 1. The topological polar surface area (TPSA) is 26.0 Å². The first kappa shape index (κ1) is 10.1. The lowest BCUT2D eigenvalue weighted by Crippen LogP contribution is -2.16. The Hall–Kier alpha value is -0.470. The number of fused-ring (bicyclic) bond motifs is 1. The first-order chi connectivity index (χ1) is 6.81. The smallest absolute Gasteiger partial charge is 0.0133 e. The molecule has 1 unspecified atom stereocenters. The average Bonchev–Trinajstić information content (AvgIpc) is 2.40. The fourth-order valence-corrected chi connectivity index (χ4v) is 3.31. The fraction of sp³-hybridized carbons (Fsp3) is 0.500. The van der Waals surface area contributed by atoms with Crippen molar-refractivity contribution in [2.24, 2.45) is 11.7 Å². The number of hydrogen-bond acceptors (Lipinski definition) is 2. The van der Waals surface area contributed by atoms with Gasteiger partial charge in [0.15, 0.2) is 0 Å². The molecule has 0 amide bonds. The highest BCUT2D eigenvalue weighted by Gasteiger charge is 2.16. The highest BCUT2D eigenvalue weighted by Crippen LogP contribution is 2.33. The van der Waals surface area contributed by atoms with Crippen molar-refractivity contribution < 1.29 is 0 Å². The molecule has 76 valence electrons. The first-order valence-corrected chi connectivity index (χ1v) is 6.21. The Labute approximate surface area is 90.1 Å². The molecule has 1 aromatic rings. The fourth-order valence-electron chi connectivity index (χ4n) is 2.02. The van der Waals surface area contributed by atoms with E-state index < -0.39 is 0 Å². The third kappa shape index (κ3) is 1.96. The Kier molecular flexibility index (Phi) is 3.14. The van der Waals surface area contributed by atoms with E-state index in [4.69, 9.17) is 5.73 Å². The highest BCUT2D eigenvalue weighted by molar-refractivity contribution is 7.99. The Balaban J connectivity index is 2.32. The van der Waals surface area contributed by atoms with Gasteiger partial charge in [-0.25, -0.2) is 0 Å². The average molecular weight is 207 g/mol. The van der Waals surface area contributed by atoms with Crippen LogP contribution in [-0.4, -0.2) is 12.3 Å². The molecule has 1 atom stereocenters. The van der Waals surface area contributed by atoms with Crippen LogP contribution >= 0.6 is 11.8 Å². The molecule has 1 nitrogen and oxygen atoms in total. The van der Waals surface area contributed by atoms with Crippen molar-refractivity contribution in [3.63, 3.8) is 0 Å². The van der Waals surface area contributed by atoms with Crippen LogP contribution in [0.4, 0.5) is 0 Å². The van der Waals surface area contributed by atoms with E-state index in [-0.39, 0.29) is 0 Å². The van der Waals surface area contributed by atoms with Crippen LogP contribution in [0, 0.1) is 12.8 Å². The lowest BCUT2D eigenvalue weighted by atomic mass is 9.96. The van der Waals surface area contributed by atoms with Gasteiger partial charge in [-0.2, -0.15) is 0 Å². The maximum Gasteiger partial charge on any atom is 0.0133 e. The minimum Gasteiger partial charge on any atom is -0.330 e. The van der Waals surface area contributed by atoms with Crippen molar-refractivity contribution in [1.29, 1.82) is 0 Å². The van der Waals surface area contributed by atoms with Gasteiger partial charge in [-0.1, -0.05) is 18.2 Å². The monoisotopic (exact) mass is 207 g/mol. The molecule has 0 radical (unpaired) electrons. The minimum absolute atomic E-state index is 0.686. The zero-order valence-electron chi connectivity index (χ0n) is 8.62. The largest absolute Gasteiger partial charge is 0.330 e. The highest BCUT2D eigenvalue weighted by atomic mass is 32.2. The maximum atomic E-state index is 5.76. The van der Waals surface area contributed by atoms with E-state index >= 15 is 0 Å². The van der Waals surface area contributed by atoms with Crippen molar-refractivity contribution in [3.05, 3.63) is 29.3 Å². The lowest BCUT2D eigenvalue weighted by Gasteiger charge is -2.11. The zero-order valence-corrected chi connectivity index (χ0v) is 9.44. The van der Waals surface area contributed by atoms with Gasteiger partial charge in [-0.3, -0.25) is 0 Å². The van der Waals surface area contributed by atoms with E-state index in [2.05, 4.69) is 25.1 Å². The Morgan fingerprint density at radius 3 is 3.14 bits per heavy atom. The first-order valence-electron chi connectivity index (χ1n) is 5.22. The van der Waals surface area contributed by atoms with Gasteiger partial charge in [-0.05, 0) is 49.1 Å². The summed E-state index contributed by atoms with van der Waals surface area (Å²) in [6.07, 6.45) is 2.43. The predicted octanol–water partition coefficient (Wildman–Crippen LogP) is 2.61. The molecule has 2 heteroatoms. The van der Waals surface area contributed by atoms with Gasteiger partial charge in [0.1, 0.15) is 0 Å². The molecule has 0 aliphatic carbocycles. The van der Waals surface area contributed by atoms with E-state index in [0.717, 1.165) is 6.54 Å². The molecule has 0 aromatic heterocycles. The Morgan fingerprint density at radius 1 is 1.50 bits per heavy atom. The second-order valence-electron chi connectivity index (χ2n) is 4.01. The molecule has 0 bridgehead atoms. The molecule has 14 heavy (non-hydrogen) atoms. The molecule has 0 fully saturated rings. The van der Waals surface area contributed by atoms with Crippen LogP contribution in [0.2, 0.25) is 0 Å². The summed E-state index contributed by atoms with van der Waals surface area (Å²) in [6.45, 7) is 3.03. The summed E-state index contributed by atoms with van der Waals surface area (Å²) in [5, 5.41) is 0. The zero-order chi connectivity index (χ0) is 9.97. The quantitative estimate of drug-likeness (QED) is 0.766. The van der Waals surface area contributed by atoms with Crippen LogP contribution in [0.3, 0.4) is 0 Å². The number of nitrogens with two attached hydrogens (primary N) is 1. The molecule has 1 aromatic carbocycles. The van der Waals surface area contributed by atoms with Crippen molar-refractivity contribution in [2.45, 2.75) is 24.7 Å². The van der Waals surface area contributed by atoms with E-state index in [1.807, 2.05) is 11.8 Å². The second kappa shape index (κ2) is 4.37. The molecular formula is C12H17NS. The van der Waals surface area contributed by atoms with Crippen LogP contribution in [0.15, 0.2) is 23.1 Å². The third-order valence-corrected chi connectivity index (χ3v) is 4.22. The summed E-state index contributed by atoms with van der Waals surface area (Å²) in [5.41, 5.74) is 8.68. The summed E-state index contributed by atoms with van der Waals surface area (Å²) in [4.78, 5) is 1.50. The van der Waals surface area contributed by atoms with E-state index in [0.29, 0.717) is 5.92 Å². The third-order valence-electron chi connectivity index (χ3n) is 2.91. The Morgan fingerprint density at radius 2 is 2.36 bits per heavy atom. The van der Waals surface area contributed by atoms with Crippen LogP contribution in [0.1, 0.15) is 17.5 Å². The molecule has 0 saturated carbocycles. The number of thioether (sulfide) groups is 1.